The van der Waals surface area contributed by atoms with Gasteiger partial charge in [-0.2, -0.15) is 9.78 Å². The molecule has 0 atom stereocenters. The molecule has 0 fully saturated rings. The second-order valence-corrected chi connectivity index (χ2v) is 6.51. The smallest absolute Gasteiger partial charge is 0.211 e. The minimum Gasteiger partial charge on any atom is -0.494 e. The molecule has 2 aromatic carbocycles. The Morgan fingerprint density at radius 1 is 1.08 bits per heavy atom. The first-order chi connectivity index (χ1) is 12.8. The highest BCUT2D eigenvalue weighted by molar-refractivity contribution is 7.98. The maximum absolute atomic E-state index is 5.61. The molecular formula is C20H22N4OS. The second-order valence-electron chi connectivity index (χ2n) is 5.74. The van der Waals surface area contributed by atoms with Crippen LogP contribution in [0.4, 0.5) is 0 Å². The third-order valence-electron chi connectivity index (χ3n) is 3.74. The fourth-order valence-electron chi connectivity index (χ4n) is 2.42. The number of benzene rings is 2. The minimum atomic E-state index is 0.690. The van der Waals surface area contributed by atoms with Crippen molar-refractivity contribution in [2.75, 3.05) is 12.9 Å². The molecule has 134 valence electrons. The van der Waals surface area contributed by atoms with E-state index in [9.17, 15) is 0 Å². The van der Waals surface area contributed by atoms with Gasteiger partial charge in [0, 0.05) is 6.42 Å². The van der Waals surface area contributed by atoms with Crippen LogP contribution in [-0.2, 0) is 6.42 Å². The summed E-state index contributed by atoms with van der Waals surface area (Å²) < 4.78 is 7.41. The molecule has 0 spiro atoms. The first-order valence-corrected chi connectivity index (χ1v) is 9.82. The summed E-state index contributed by atoms with van der Waals surface area (Å²) in [7, 11) is 0. The van der Waals surface area contributed by atoms with Crippen LogP contribution in [0.5, 0.6) is 5.75 Å². The molecule has 0 radical (unpaired) electrons. The highest BCUT2D eigenvalue weighted by Crippen LogP contribution is 2.17. The van der Waals surface area contributed by atoms with E-state index in [0.29, 0.717) is 6.42 Å². The van der Waals surface area contributed by atoms with Gasteiger partial charge in [0.1, 0.15) is 5.75 Å². The molecule has 3 aromatic rings. The van der Waals surface area contributed by atoms with Crippen LogP contribution in [0.3, 0.4) is 0 Å². The van der Waals surface area contributed by atoms with Gasteiger partial charge in [0.2, 0.25) is 5.16 Å². The van der Waals surface area contributed by atoms with Gasteiger partial charge in [-0.15, -0.1) is 10.2 Å². The molecule has 0 aliphatic rings. The number of nitrogens with zero attached hydrogens (tertiary/aromatic N) is 4. The molecule has 0 aliphatic heterocycles. The lowest BCUT2D eigenvalue weighted by Crippen LogP contribution is -2.01. The molecule has 1 heterocycles. The lowest BCUT2D eigenvalue weighted by atomic mass is 10.1. The van der Waals surface area contributed by atoms with E-state index in [1.165, 1.54) is 17.3 Å². The molecule has 26 heavy (non-hydrogen) atoms. The average Bonchev–Trinajstić information content (AvgIpc) is 3.08. The van der Waals surface area contributed by atoms with Crippen molar-refractivity contribution in [1.29, 1.82) is 0 Å². The summed E-state index contributed by atoms with van der Waals surface area (Å²) in [5, 5.41) is 13.9. The Labute approximate surface area is 158 Å². The SMILES string of the molecule is CCCOc1ccc(/C=N\n2c(Cc3ccccc3)nnc2SC)cc1. The van der Waals surface area contributed by atoms with Gasteiger partial charge in [0.25, 0.3) is 0 Å². The van der Waals surface area contributed by atoms with E-state index in [-0.39, 0.29) is 0 Å². The van der Waals surface area contributed by atoms with Crippen molar-refractivity contribution in [3.8, 4) is 5.75 Å². The van der Waals surface area contributed by atoms with Gasteiger partial charge in [-0.25, -0.2) is 0 Å². The maximum Gasteiger partial charge on any atom is 0.211 e. The Hall–Kier alpha value is -2.60. The lowest BCUT2D eigenvalue weighted by Gasteiger charge is -2.05. The van der Waals surface area contributed by atoms with Gasteiger partial charge >= 0.3 is 0 Å². The molecule has 0 bridgehead atoms. The highest BCUT2D eigenvalue weighted by atomic mass is 32.2. The normalized spacial score (nSPS) is 11.2. The topological polar surface area (TPSA) is 52.3 Å². The van der Waals surface area contributed by atoms with Crippen LogP contribution in [0.15, 0.2) is 64.9 Å². The van der Waals surface area contributed by atoms with Crippen molar-refractivity contribution >= 4 is 18.0 Å². The van der Waals surface area contributed by atoms with Gasteiger partial charge in [-0.05, 0) is 48.1 Å². The van der Waals surface area contributed by atoms with Crippen LogP contribution in [0.1, 0.15) is 30.3 Å². The summed E-state index contributed by atoms with van der Waals surface area (Å²) in [6.07, 6.45) is 5.48. The minimum absolute atomic E-state index is 0.690. The Balaban J connectivity index is 1.77. The monoisotopic (exact) mass is 366 g/mol. The van der Waals surface area contributed by atoms with Gasteiger partial charge in [-0.3, -0.25) is 0 Å². The van der Waals surface area contributed by atoms with Gasteiger partial charge in [-0.1, -0.05) is 49.0 Å². The molecule has 1 aromatic heterocycles. The number of ether oxygens (including phenoxy) is 1. The average molecular weight is 366 g/mol. The standard InChI is InChI=1S/C20H22N4OS/c1-3-13-25-18-11-9-17(10-12-18)15-21-24-19(22-23-20(24)26-2)14-16-7-5-4-6-8-16/h4-12,15H,3,13-14H2,1-2H3/b21-15-. The van der Waals surface area contributed by atoms with Crippen LogP contribution in [-0.4, -0.2) is 34.0 Å². The predicted octanol–water partition coefficient (Wildman–Crippen LogP) is 4.26. The largest absolute Gasteiger partial charge is 0.494 e. The van der Waals surface area contributed by atoms with E-state index in [0.717, 1.165) is 35.3 Å². The van der Waals surface area contributed by atoms with E-state index in [1.807, 2.05) is 54.9 Å². The third-order valence-corrected chi connectivity index (χ3v) is 4.36. The van der Waals surface area contributed by atoms with Crippen molar-refractivity contribution in [2.24, 2.45) is 5.10 Å². The number of rotatable bonds is 8. The van der Waals surface area contributed by atoms with Gasteiger partial charge in [0.05, 0.1) is 12.8 Å². The number of thioether (sulfide) groups is 1. The molecule has 0 saturated carbocycles. The third kappa shape index (κ3) is 4.73. The van der Waals surface area contributed by atoms with Crippen molar-refractivity contribution in [3.63, 3.8) is 0 Å². The zero-order valence-electron chi connectivity index (χ0n) is 15.0. The van der Waals surface area contributed by atoms with E-state index in [1.54, 1.807) is 4.68 Å². The summed E-state index contributed by atoms with van der Waals surface area (Å²) in [5.74, 6) is 1.70. The Bertz CT molecular complexity index is 844. The van der Waals surface area contributed by atoms with Crippen molar-refractivity contribution in [3.05, 3.63) is 71.5 Å². The maximum atomic E-state index is 5.61. The summed E-state index contributed by atoms with van der Waals surface area (Å²) in [4.78, 5) is 0. The number of hydrogen-bond acceptors (Lipinski definition) is 5. The van der Waals surface area contributed by atoms with E-state index < -0.39 is 0 Å². The first kappa shape index (κ1) is 18.2. The summed E-state index contributed by atoms with van der Waals surface area (Å²) in [5.41, 5.74) is 2.18. The summed E-state index contributed by atoms with van der Waals surface area (Å²) >= 11 is 1.53. The van der Waals surface area contributed by atoms with Crippen molar-refractivity contribution in [2.45, 2.75) is 24.9 Å². The van der Waals surface area contributed by atoms with Crippen LogP contribution < -0.4 is 4.74 Å². The van der Waals surface area contributed by atoms with Gasteiger partial charge < -0.3 is 4.74 Å². The van der Waals surface area contributed by atoms with Crippen LogP contribution in [0.25, 0.3) is 0 Å². The molecule has 0 aliphatic carbocycles. The first-order valence-electron chi connectivity index (χ1n) is 8.59. The Morgan fingerprint density at radius 2 is 1.85 bits per heavy atom. The van der Waals surface area contributed by atoms with Crippen LogP contribution >= 0.6 is 11.8 Å². The van der Waals surface area contributed by atoms with E-state index in [4.69, 9.17) is 4.74 Å². The second kappa shape index (κ2) is 9.20. The van der Waals surface area contributed by atoms with Crippen molar-refractivity contribution in [1.82, 2.24) is 14.9 Å². The zero-order chi connectivity index (χ0) is 18.2. The van der Waals surface area contributed by atoms with Crippen LogP contribution in [0, 0.1) is 0 Å². The molecule has 5 nitrogen and oxygen atoms in total. The van der Waals surface area contributed by atoms with Crippen LogP contribution in [0.2, 0.25) is 0 Å². The molecule has 0 amide bonds. The molecule has 0 unspecified atom stereocenters. The fourth-order valence-corrected chi connectivity index (χ4v) is 2.87. The molecule has 0 saturated heterocycles. The summed E-state index contributed by atoms with van der Waals surface area (Å²) in [6, 6.07) is 18.1. The Morgan fingerprint density at radius 3 is 2.54 bits per heavy atom. The molecular weight excluding hydrogens is 344 g/mol. The number of aromatic nitrogens is 3. The fraction of sp³-hybridized carbons (Fsp3) is 0.250. The molecule has 0 N–H and O–H groups in total. The van der Waals surface area contributed by atoms with Gasteiger partial charge in [0.15, 0.2) is 5.82 Å². The quantitative estimate of drug-likeness (QED) is 0.441. The highest BCUT2D eigenvalue weighted by Gasteiger charge is 2.11. The molecule has 3 rings (SSSR count). The van der Waals surface area contributed by atoms with E-state index in [2.05, 4.69) is 34.4 Å². The summed E-state index contributed by atoms with van der Waals surface area (Å²) in [6.45, 7) is 2.82. The Kier molecular flexibility index (Phi) is 6.44. The zero-order valence-corrected chi connectivity index (χ0v) is 15.8. The lowest BCUT2D eigenvalue weighted by molar-refractivity contribution is 0.317. The molecule has 6 heteroatoms. The van der Waals surface area contributed by atoms with E-state index >= 15 is 0 Å². The predicted molar refractivity (Wildman–Crippen MR) is 106 cm³/mol. The van der Waals surface area contributed by atoms with Crippen molar-refractivity contribution < 1.29 is 4.74 Å². The number of hydrogen-bond donors (Lipinski definition) is 0.